The van der Waals surface area contributed by atoms with Gasteiger partial charge >= 0.3 is 6.18 Å². The summed E-state index contributed by atoms with van der Waals surface area (Å²) in [7, 11) is 0. The van der Waals surface area contributed by atoms with E-state index < -0.39 is 40.7 Å². The molecule has 0 fully saturated rings. The standard InChI is InChI=1S/C13H10F5N3/c1-6-2-3-8(14)12(11(6)15)21-10-5-7(13(16,17)18)4-9(19)20-10/h2-5H,1H3,(H3,19,20,21). The van der Waals surface area contributed by atoms with Gasteiger partial charge in [-0.1, -0.05) is 6.07 Å². The van der Waals surface area contributed by atoms with Gasteiger partial charge in [0.25, 0.3) is 0 Å². The van der Waals surface area contributed by atoms with Crippen molar-refractivity contribution in [2.75, 3.05) is 11.1 Å². The highest BCUT2D eigenvalue weighted by atomic mass is 19.4. The summed E-state index contributed by atoms with van der Waals surface area (Å²) in [6.07, 6.45) is -4.64. The molecule has 112 valence electrons. The van der Waals surface area contributed by atoms with Crippen LogP contribution in [0.2, 0.25) is 0 Å². The van der Waals surface area contributed by atoms with Gasteiger partial charge in [-0.3, -0.25) is 0 Å². The minimum atomic E-state index is -4.64. The number of pyridine rings is 1. The van der Waals surface area contributed by atoms with E-state index in [2.05, 4.69) is 10.3 Å². The number of rotatable bonds is 2. The van der Waals surface area contributed by atoms with E-state index in [1.54, 1.807) is 0 Å². The van der Waals surface area contributed by atoms with E-state index in [-0.39, 0.29) is 5.56 Å². The third-order valence-electron chi connectivity index (χ3n) is 2.71. The van der Waals surface area contributed by atoms with E-state index in [1.807, 2.05) is 0 Å². The van der Waals surface area contributed by atoms with Crippen LogP contribution in [0.1, 0.15) is 11.1 Å². The van der Waals surface area contributed by atoms with E-state index >= 15 is 0 Å². The Morgan fingerprint density at radius 3 is 2.43 bits per heavy atom. The topological polar surface area (TPSA) is 50.9 Å². The molecular formula is C13H10F5N3. The second-order valence-electron chi connectivity index (χ2n) is 4.34. The van der Waals surface area contributed by atoms with E-state index in [1.165, 1.54) is 13.0 Å². The number of hydrogen-bond donors (Lipinski definition) is 2. The van der Waals surface area contributed by atoms with Crippen molar-refractivity contribution in [3.8, 4) is 0 Å². The summed E-state index contributed by atoms with van der Waals surface area (Å²) in [5.74, 6) is -2.67. The quantitative estimate of drug-likeness (QED) is 0.824. The van der Waals surface area contributed by atoms with Crippen LogP contribution >= 0.6 is 0 Å². The lowest BCUT2D eigenvalue weighted by Gasteiger charge is -2.13. The second kappa shape index (κ2) is 5.19. The molecule has 0 aliphatic rings. The van der Waals surface area contributed by atoms with Crippen LogP contribution in [-0.4, -0.2) is 4.98 Å². The highest BCUT2D eigenvalue weighted by molar-refractivity contribution is 5.61. The Kier molecular flexibility index (Phi) is 3.71. The van der Waals surface area contributed by atoms with Crippen molar-refractivity contribution < 1.29 is 22.0 Å². The Balaban J connectivity index is 2.46. The lowest BCUT2D eigenvalue weighted by molar-refractivity contribution is -0.137. The van der Waals surface area contributed by atoms with Crippen molar-refractivity contribution in [3.05, 3.63) is 47.0 Å². The molecule has 0 radical (unpaired) electrons. The molecule has 0 saturated carbocycles. The molecule has 0 atom stereocenters. The van der Waals surface area contributed by atoms with Crippen LogP contribution in [0, 0.1) is 18.6 Å². The van der Waals surface area contributed by atoms with Gasteiger partial charge in [0.05, 0.1) is 5.56 Å². The SMILES string of the molecule is Cc1ccc(F)c(Nc2cc(C(F)(F)F)cc(N)n2)c1F. The monoisotopic (exact) mass is 303 g/mol. The molecule has 2 aromatic rings. The van der Waals surface area contributed by atoms with Gasteiger partial charge in [-0.05, 0) is 30.7 Å². The molecule has 0 aliphatic carbocycles. The van der Waals surface area contributed by atoms with Crippen molar-refractivity contribution in [3.63, 3.8) is 0 Å². The predicted molar refractivity (Wildman–Crippen MR) is 68.0 cm³/mol. The van der Waals surface area contributed by atoms with Crippen LogP contribution in [0.15, 0.2) is 24.3 Å². The Morgan fingerprint density at radius 2 is 1.81 bits per heavy atom. The number of aryl methyl sites for hydroxylation is 1. The van der Waals surface area contributed by atoms with Crippen molar-refractivity contribution in [1.29, 1.82) is 0 Å². The third kappa shape index (κ3) is 3.21. The number of nitrogens with one attached hydrogen (secondary N) is 1. The molecule has 3 N–H and O–H groups in total. The smallest absolute Gasteiger partial charge is 0.384 e. The normalized spacial score (nSPS) is 11.5. The first kappa shape index (κ1) is 15.0. The lowest BCUT2D eigenvalue weighted by atomic mass is 10.2. The number of nitrogens with zero attached hydrogens (tertiary/aromatic N) is 1. The number of anilines is 3. The molecule has 0 unspecified atom stereocenters. The third-order valence-corrected chi connectivity index (χ3v) is 2.71. The largest absolute Gasteiger partial charge is 0.416 e. The molecule has 8 heteroatoms. The summed E-state index contributed by atoms with van der Waals surface area (Å²) < 4.78 is 65.3. The van der Waals surface area contributed by atoms with Gasteiger partial charge in [-0.15, -0.1) is 0 Å². The molecule has 21 heavy (non-hydrogen) atoms. The van der Waals surface area contributed by atoms with Gasteiger partial charge in [-0.2, -0.15) is 13.2 Å². The fourth-order valence-corrected chi connectivity index (χ4v) is 1.68. The van der Waals surface area contributed by atoms with Crippen molar-refractivity contribution in [2.45, 2.75) is 13.1 Å². The zero-order valence-corrected chi connectivity index (χ0v) is 10.7. The van der Waals surface area contributed by atoms with Crippen LogP contribution < -0.4 is 11.1 Å². The van der Waals surface area contributed by atoms with Gasteiger partial charge in [0, 0.05) is 0 Å². The fraction of sp³-hybridized carbons (Fsp3) is 0.154. The van der Waals surface area contributed by atoms with Gasteiger partial charge in [0.15, 0.2) is 5.82 Å². The second-order valence-corrected chi connectivity index (χ2v) is 4.34. The summed E-state index contributed by atoms with van der Waals surface area (Å²) in [6.45, 7) is 1.40. The lowest BCUT2D eigenvalue weighted by Crippen LogP contribution is -2.09. The maximum atomic E-state index is 13.8. The first-order chi connectivity index (χ1) is 9.68. The Labute approximate surface area is 116 Å². The molecule has 0 saturated heterocycles. The van der Waals surface area contributed by atoms with E-state index in [0.717, 1.165) is 6.07 Å². The number of halogens is 5. The molecule has 1 aromatic carbocycles. The molecule has 2 rings (SSSR count). The Morgan fingerprint density at radius 1 is 1.14 bits per heavy atom. The molecule has 0 aliphatic heterocycles. The fourth-order valence-electron chi connectivity index (χ4n) is 1.68. The molecular weight excluding hydrogens is 293 g/mol. The number of nitrogens with two attached hydrogens (primary N) is 1. The first-order valence-electron chi connectivity index (χ1n) is 5.75. The number of hydrogen-bond acceptors (Lipinski definition) is 3. The summed E-state index contributed by atoms with van der Waals surface area (Å²) in [5, 5.41) is 2.19. The van der Waals surface area contributed by atoms with Gasteiger partial charge in [-0.25, -0.2) is 13.8 Å². The van der Waals surface area contributed by atoms with Crippen LogP contribution in [-0.2, 0) is 6.18 Å². The Bertz CT molecular complexity index is 682. The number of benzene rings is 1. The molecule has 1 heterocycles. The van der Waals surface area contributed by atoms with Crippen molar-refractivity contribution >= 4 is 17.3 Å². The van der Waals surface area contributed by atoms with Gasteiger partial charge in [0.1, 0.15) is 23.1 Å². The maximum Gasteiger partial charge on any atom is 0.416 e. The van der Waals surface area contributed by atoms with E-state index in [9.17, 15) is 22.0 Å². The van der Waals surface area contributed by atoms with Crippen molar-refractivity contribution in [1.82, 2.24) is 4.98 Å². The zero-order valence-electron chi connectivity index (χ0n) is 10.7. The number of nitrogen functional groups attached to an aromatic ring is 1. The predicted octanol–water partition coefficient (Wildman–Crippen LogP) is 4.01. The van der Waals surface area contributed by atoms with Gasteiger partial charge < -0.3 is 11.1 Å². The van der Waals surface area contributed by atoms with Crippen LogP contribution in [0.3, 0.4) is 0 Å². The van der Waals surface area contributed by atoms with E-state index in [0.29, 0.717) is 12.1 Å². The first-order valence-corrected chi connectivity index (χ1v) is 5.75. The summed E-state index contributed by atoms with van der Waals surface area (Å²) in [5.41, 5.74) is 3.77. The van der Waals surface area contributed by atoms with E-state index in [4.69, 9.17) is 5.73 Å². The maximum absolute atomic E-state index is 13.8. The van der Waals surface area contributed by atoms with Crippen LogP contribution in [0.5, 0.6) is 0 Å². The molecule has 0 bridgehead atoms. The molecule has 1 aromatic heterocycles. The molecule has 3 nitrogen and oxygen atoms in total. The average Bonchev–Trinajstić information content (AvgIpc) is 2.38. The highest BCUT2D eigenvalue weighted by Gasteiger charge is 2.31. The average molecular weight is 303 g/mol. The minimum absolute atomic E-state index is 0.138. The Hall–Kier alpha value is -2.38. The summed E-state index contributed by atoms with van der Waals surface area (Å²) in [6, 6.07) is 3.47. The summed E-state index contributed by atoms with van der Waals surface area (Å²) >= 11 is 0. The molecule has 0 amide bonds. The van der Waals surface area contributed by atoms with Crippen LogP contribution in [0.25, 0.3) is 0 Å². The highest BCUT2D eigenvalue weighted by Crippen LogP contribution is 2.33. The summed E-state index contributed by atoms with van der Waals surface area (Å²) in [4.78, 5) is 3.59. The zero-order chi connectivity index (χ0) is 15.8. The van der Waals surface area contributed by atoms with Crippen molar-refractivity contribution in [2.24, 2.45) is 0 Å². The minimum Gasteiger partial charge on any atom is -0.384 e. The number of aromatic nitrogens is 1. The van der Waals surface area contributed by atoms with Gasteiger partial charge in [0.2, 0.25) is 0 Å². The van der Waals surface area contributed by atoms with Crippen LogP contribution in [0.4, 0.5) is 39.3 Å². The number of alkyl halides is 3. The molecule has 0 spiro atoms.